The van der Waals surface area contributed by atoms with Crippen LogP contribution in [0.15, 0.2) is 36.4 Å². The maximum absolute atomic E-state index is 13.9. The Morgan fingerprint density at radius 1 is 0.574 bits per heavy atom. The first-order valence-electron chi connectivity index (χ1n) is 23.2. The number of carbonyl (C=O) groups is 6. The number of carbonyl (C=O) groups excluding carboxylic acids is 6. The van der Waals surface area contributed by atoms with E-state index in [1.807, 2.05) is 53.7 Å². The lowest BCUT2D eigenvalue weighted by molar-refractivity contribution is -0.142. The van der Waals surface area contributed by atoms with Gasteiger partial charge in [-0.25, -0.2) is 0 Å². The minimum absolute atomic E-state index is 0.138. The molecule has 2 heterocycles. The summed E-state index contributed by atoms with van der Waals surface area (Å²) in [6.45, 7) is 12.4. The Morgan fingerprint density at radius 3 is 1.36 bits per heavy atom. The van der Waals surface area contributed by atoms with Gasteiger partial charge >= 0.3 is 0 Å². The summed E-state index contributed by atoms with van der Waals surface area (Å²) in [6.07, 6.45) is 10.0. The molecule has 0 radical (unpaired) electrons. The molecule has 4 aliphatic rings. The molecule has 0 spiro atoms. The molecule has 13 heteroatoms. The van der Waals surface area contributed by atoms with E-state index in [-0.39, 0.29) is 59.4 Å². The summed E-state index contributed by atoms with van der Waals surface area (Å²) in [5.74, 6) is -1.35. The average molecular weight is 840 g/mol. The van der Waals surface area contributed by atoms with Crippen molar-refractivity contribution in [3.63, 3.8) is 0 Å². The first-order chi connectivity index (χ1) is 29.4. The zero-order valence-corrected chi connectivity index (χ0v) is 37.2. The molecular formula is C48H69N7O6. The van der Waals surface area contributed by atoms with Crippen molar-refractivity contribution in [3.05, 3.63) is 58.7 Å². The van der Waals surface area contributed by atoms with Gasteiger partial charge in [0.25, 0.3) is 0 Å². The van der Waals surface area contributed by atoms with E-state index in [2.05, 4.69) is 50.8 Å². The number of likely N-dealkylation sites (tertiary alicyclic amines) is 2. The third-order valence-electron chi connectivity index (χ3n) is 13.8. The van der Waals surface area contributed by atoms with Gasteiger partial charge in [0.05, 0.1) is 12.1 Å². The van der Waals surface area contributed by atoms with E-state index in [0.717, 1.165) is 85.0 Å². The van der Waals surface area contributed by atoms with Gasteiger partial charge in [0.2, 0.25) is 35.4 Å². The molecule has 13 nitrogen and oxygen atoms in total. The van der Waals surface area contributed by atoms with Crippen molar-refractivity contribution >= 4 is 46.8 Å². The molecule has 332 valence electrons. The Bertz CT molecular complexity index is 1800. The molecule has 6 rings (SSSR count). The van der Waals surface area contributed by atoms with Crippen LogP contribution in [0.3, 0.4) is 0 Å². The van der Waals surface area contributed by atoms with Gasteiger partial charge in [0, 0.05) is 36.3 Å². The molecule has 8 atom stereocenters. The molecule has 2 aliphatic carbocycles. The zero-order chi connectivity index (χ0) is 43.8. The van der Waals surface area contributed by atoms with Crippen molar-refractivity contribution in [3.8, 4) is 0 Å². The van der Waals surface area contributed by atoms with E-state index in [1.54, 1.807) is 9.80 Å². The fraction of sp³-hybridized carbons (Fsp3) is 0.625. The van der Waals surface area contributed by atoms with Gasteiger partial charge in [-0.2, -0.15) is 0 Å². The summed E-state index contributed by atoms with van der Waals surface area (Å²) < 4.78 is 0. The van der Waals surface area contributed by atoms with Crippen molar-refractivity contribution in [1.29, 1.82) is 0 Å². The Balaban J connectivity index is 1.13. The van der Waals surface area contributed by atoms with Crippen LogP contribution >= 0.6 is 0 Å². The SMILES string of the molecule is CC[C@@H](C)C(=O)N[C@@H](CC)C(=O)N1CCC[C@H]1C(=O)NC1CCCc2c(Nc3cccc4c3CCC[C@H]4NC(=O)[C@@H]3CCCN3C(=O)[C@H](CC)NC(=O)[C@H](C)CC)cccc21. The second-order valence-corrected chi connectivity index (χ2v) is 17.7. The van der Waals surface area contributed by atoms with E-state index in [1.165, 1.54) is 0 Å². The number of rotatable bonds is 16. The zero-order valence-electron chi connectivity index (χ0n) is 37.2. The number of nitrogens with zero attached hydrogens (tertiary/aromatic N) is 2. The van der Waals surface area contributed by atoms with Crippen LogP contribution in [0, 0.1) is 11.8 Å². The molecule has 0 aromatic heterocycles. The highest BCUT2D eigenvalue weighted by Crippen LogP contribution is 2.39. The largest absolute Gasteiger partial charge is 0.355 e. The number of anilines is 2. The lowest BCUT2D eigenvalue weighted by atomic mass is 9.85. The number of fused-ring (bicyclic) bond motifs is 2. The summed E-state index contributed by atoms with van der Waals surface area (Å²) in [5.41, 5.74) is 6.44. The fourth-order valence-corrected chi connectivity index (χ4v) is 9.59. The quantitative estimate of drug-likeness (QED) is 0.133. The summed E-state index contributed by atoms with van der Waals surface area (Å²) in [6, 6.07) is 9.53. The predicted octanol–water partition coefficient (Wildman–Crippen LogP) is 6.28. The number of hydrogen-bond acceptors (Lipinski definition) is 7. The molecule has 61 heavy (non-hydrogen) atoms. The Labute approximate surface area is 362 Å². The maximum atomic E-state index is 13.9. The van der Waals surface area contributed by atoms with E-state index in [9.17, 15) is 28.8 Å². The first-order valence-corrected chi connectivity index (χ1v) is 23.2. The van der Waals surface area contributed by atoms with Gasteiger partial charge in [-0.15, -0.1) is 0 Å². The lowest BCUT2D eigenvalue weighted by Gasteiger charge is -2.33. The number of nitrogens with one attached hydrogen (secondary N) is 5. The minimum Gasteiger partial charge on any atom is -0.355 e. The van der Waals surface area contributed by atoms with Crippen LogP contribution in [0.4, 0.5) is 11.4 Å². The number of hydrogen-bond donors (Lipinski definition) is 5. The molecule has 0 bridgehead atoms. The predicted molar refractivity (Wildman–Crippen MR) is 237 cm³/mol. The Morgan fingerprint density at radius 2 is 0.984 bits per heavy atom. The van der Waals surface area contributed by atoms with Gasteiger partial charge in [0.15, 0.2) is 0 Å². The van der Waals surface area contributed by atoms with Crippen LogP contribution in [-0.4, -0.2) is 82.5 Å². The smallest absolute Gasteiger partial charge is 0.245 e. The van der Waals surface area contributed by atoms with Crippen LogP contribution in [0.1, 0.15) is 153 Å². The highest BCUT2D eigenvalue weighted by Gasteiger charge is 2.40. The van der Waals surface area contributed by atoms with Gasteiger partial charge in [-0.05, 0) is 124 Å². The van der Waals surface area contributed by atoms with E-state index < -0.39 is 24.2 Å². The van der Waals surface area contributed by atoms with E-state index in [0.29, 0.717) is 51.6 Å². The summed E-state index contributed by atoms with van der Waals surface area (Å²) in [7, 11) is 0. The van der Waals surface area contributed by atoms with Crippen molar-refractivity contribution in [1.82, 2.24) is 31.1 Å². The van der Waals surface area contributed by atoms with Crippen LogP contribution in [0.5, 0.6) is 0 Å². The Kier molecular flexibility index (Phi) is 15.5. The van der Waals surface area contributed by atoms with Crippen LogP contribution in [0.2, 0.25) is 0 Å². The van der Waals surface area contributed by atoms with Crippen LogP contribution in [0.25, 0.3) is 0 Å². The molecule has 2 fully saturated rings. The average Bonchev–Trinajstić information content (AvgIpc) is 3.98. The second kappa shape index (κ2) is 20.8. The van der Waals surface area contributed by atoms with Gasteiger partial charge in [0.1, 0.15) is 24.2 Å². The summed E-state index contributed by atoms with van der Waals surface area (Å²) in [4.78, 5) is 83.9. The Hall–Kier alpha value is -4.94. The minimum atomic E-state index is -0.655. The van der Waals surface area contributed by atoms with Crippen molar-refractivity contribution in [2.75, 3.05) is 18.4 Å². The van der Waals surface area contributed by atoms with Crippen molar-refractivity contribution in [2.24, 2.45) is 11.8 Å². The highest BCUT2D eigenvalue weighted by molar-refractivity contribution is 5.94. The molecule has 2 saturated heterocycles. The third-order valence-corrected chi connectivity index (χ3v) is 13.8. The maximum Gasteiger partial charge on any atom is 0.245 e. The monoisotopic (exact) mass is 840 g/mol. The molecule has 0 saturated carbocycles. The second-order valence-electron chi connectivity index (χ2n) is 17.7. The molecule has 2 aromatic rings. The van der Waals surface area contributed by atoms with E-state index in [4.69, 9.17) is 0 Å². The van der Waals surface area contributed by atoms with E-state index >= 15 is 0 Å². The van der Waals surface area contributed by atoms with Crippen LogP contribution in [-0.2, 0) is 41.6 Å². The molecular weight excluding hydrogens is 771 g/mol. The molecule has 5 N–H and O–H groups in total. The first kappa shape index (κ1) is 45.6. The van der Waals surface area contributed by atoms with Crippen LogP contribution < -0.4 is 26.6 Å². The lowest BCUT2D eigenvalue weighted by Crippen LogP contribution is -2.54. The van der Waals surface area contributed by atoms with Crippen molar-refractivity contribution in [2.45, 2.75) is 168 Å². The van der Waals surface area contributed by atoms with Gasteiger partial charge in [-0.3, -0.25) is 28.8 Å². The molecule has 2 aliphatic heterocycles. The van der Waals surface area contributed by atoms with Gasteiger partial charge < -0.3 is 36.4 Å². The standard InChI is InChI=1S/C48H69N7O6/c1-7-29(5)43(56)50-35(9-3)47(60)54-27-15-25-41(54)45(58)52-39-23-13-17-31-33(39)19-11-21-37(31)49-38-22-12-20-34-32(38)18-14-24-40(34)53-46(59)42-26-16-28-55(42)48(61)36(10-4)51-44(57)30(6)8-2/h11-12,19-22,29-30,35-36,39-42,49H,7-10,13-18,23-28H2,1-6H3,(H,50,56)(H,51,57)(H,52,58)(H,53,59)/t29-,30-,35+,36+,39-,40?,41+,42+/m1/s1. The number of benzene rings is 2. The molecule has 1 unspecified atom stereocenters. The normalized spacial score (nSPS) is 22.8. The fourth-order valence-electron chi connectivity index (χ4n) is 9.59. The number of amides is 6. The summed E-state index contributed by atoms with van der Waals surface area (Å²) in [5, 5.41) is 16.2. The molecule has 6 amide bonds. The molecule has 2 aromatic carbocycles. The highest BCUT2D eigenvalue weighted by atomic mass is 16.2. The van der Waals surface area contributed by atoms with Crippen molar-refractivity contribution < 1.29 is 28.8 Å². The topological polar surface area (TPSA) is 169 Å². The summed E-state index contributed by atoms with van der Waals surface area (Å²) >= 11 is 0. The van der Waals surface area contributed by atoms with Gasteiger partial charge in [-0.1, -0.05) is 65.8 Å². The third kappa shape index (κ3) is 10.2.